The molecule has 0 spiro atoms. The van der Waals surface area contributed by atoms with Gasteiger partial charge in [-0.15, -0.1) is 0 Å². The third-order valence-electron chi connectivity index (χ3n) is 4.90. The minimum absolute atomic E-state index is 0.0159. The molecule has 9 heteroatoms. The van der Waals surface area contributed by atoms with Crippen LogP contribution in [0.3, 0.4) is 0 Å². The van der Waals surface area contributed by atoms with E-state index in [-0.39, 0.29) is 11.3 Å². The Labute approximate surface area is 168 Å². The average Bonchev–Trinajstić information content (AvgIpc) is 3.18. The Kier molecular flexibility index (Phi) is 4.53. The number of aryl methyl sites for hydroxylation is 2. The second kappa shape index (κ2) is 6.94. The van der Waals surface area contributed by atoms with E-state index in [0.717, 1.165) is 12.1 Å². The molecular formula is C21H16F3N3O3. The van der Waals surface area contributed by atoms with Crippen molar-refractivity contribution in [2.24, 2.45) is 5.16 Å². The van der Waals surface area contributed by atoms with Crippen LogP contribution in [-0.2, 0) is 6.18 Å². The SMILES string of the molecule is Cc1noc(C)c1-c1c(C=NO)c2ccc(C(F)(F)F)cc2n1-c1ccc(O)cc1. The Morgan fingerprint density at radius 2 is 1.80 bits per heavy atom. The third kappa shape index (κ3) is 3.08. The van der Waals surface area contributed by atoms with E-state index in [9.17, 15) is 23.5 Å². The summed E-state index contributed by atoms with van der Waals surface area (Å²) in [7, 11) is 0. The van der Waals surface area contributed by atoms with Gasteiger partial charge in [0.15, 0.2) is 0 Å². The lowest BCUT2D eigenvalue weighted by Crippen LogP contribution is -2.05. The first-order valence-electron chi connectivity index (χ1n) is 8.88. The number of rotatable bonds is 3. The molecule has 2 heterocycles. The molecule has 0 bridgehead atoms. The second-order valence-corrected chi connectivity index (χ2v) is 6.79. The number of aromatic hydroxyl groups is 1. The number of benzene rings is 2. The van der Waals surface area contributed by atoms with Gasteiger partial charge in [-0.1, -0.05) is 16.4 Å². The van der Waals surface area contributed by atoms with Crippen molar-refractivity contribution in [3.8, 4) is 22.7 Å². The zero-order chi connectivity index (χ0) is 21.6. The maximum atomic E-state index is 13.4. The van der Waals surface area contributed by atoms with Gasteiger partial charge >= 0.3 is 6.18 Å². The molecule has 0 aliphatic heterocycles. The van der Waals surface area contributed by atoms with E-state index >= 15 is 0 Å². The van der Waals surface area contributed by atoms with Crippen LogP contribution in [-0.4, -0.2) is 26.3 Å². The van der Waals surface area contributed by atoms with Gasteiger partial charge in [-0.05, 0) is 50.2 Å². The van der Waals surface area contributed by atoms with Crippen LogP contribution in [0.5, 0.6) is 5.75 Å². The molecule has 30 heavy (non-hydrogen) atoms. The Morgan fingerprint density at radius 3 is 2.37 bits per heavy atom. The van der Waals surface area contributed by atoms with E-state index in [1.54, 1.807) is 30.5 Å². The summed E-state index contributed by atoms with van der Waals surface area (Å²) in [5, 5.41) is 26.4. The first-order chi connectivity index (χ1) is 14.2. The van der Waals surface area contributed by atoms with Gasteiger partial charge in [-0.25, -0.2) is 0 Å². The number of oxime groups is 1. The van der Waals surface area contributed by atoms with Crippen molar-refractivity contribution in [3.05, 3.63) is 65.0 Å². The normalized spacial score (nSPS) is 12.3. The van der Waals surface area contributed by atoms with Gasteiger partial charge in [-0.2, -0.15) is 13.2 Å². The predicted molar refractivity (Wildman–Crippen MR) is 104 cm³/mol. The Hall–Kier alpha value is -3.75. The summed E-state index contributed by atoms with van der Waals surface area (Å²) in [6.07, 6.45) is -3.36. The highest BCUT2D eigenvalue weighted by molar-refractivity contribution is 6.08. The molecule has 4 aromatic rings. The van der Waals surface area contributed by atoms with Crippen LogP contribution in [0.4, 0.5) is 13.2 Å². The van der Waals surface area contributed by atoms with Crippen LogP contribution in [0.2, 0.25) is 0 Å². The molecule has 0 saturated carbocycles. The molecule has 0 fully saturated rings. The van der Waals surface area contributed by atoms with Gasteiger partial charge in [0.2, 0.25) is 0 Å². The first kappa shape index (κ1) is 19.6. The number of aromatic nitrogens is 2. The van der Waals surface area contributed by atoms with Crippen LogP contribution in [0, 0.1) is 13.8 Å². The summed E-state index contributed by atoms with van der Waals surface area (Å²) in [5.74, 6) is 0.473. The Bertz CT molecular complexity index is 1250. The van der Waals surface area contributed by atoms with E-state index in [2.05, 4.69) is 10.3 Å². The average molecular weight is 415 g/mol. The van der Waals surface area contributed by atoms with Crippen molar-refractivity contribution in [2.45, 2.75) is 20.0 Å². The van der Waals surface area contributed by atoms with E-state index in [0.29, 0.717) is 39.3 Å². The van der Waals surface area contributed by atoms with Crippen LogP contribution < -0.4 is 0 Å². The van der Waals surface area contributed by atoms with Crippen LogP contribution in [0.25, 0.3) is 27.8 Å². The number of hydrogen-bond acceptors (Lipinski definition) is 5. The van der Waals surface area contributed by atoms with Crippen LogP contribution >= 0.6 is 0 Å². The number of fused-ring (bicyclic) bond motifs is 1. The lowest BCUT2D eigenvalue weighted by molar-refractivity contribution is -0.137. The highest BCUT2D eigenvalue weighted by Gasteiger charge is 2.32. The molecule has 0 radical (unpaired) electrons. The van der Waals surface area contributed by atoms with Crippen molar-refractivity contribution in [1.29, 1.82) is 0 Å². The highest BCUT2D eigenvalue weighted by atomic mass is 19.4. The van der Waals surface area contributed by atoms with Crippen molar-refractivity contribution in [2.75, 3.05) is 0 Å². The summed E-state index contributed by atoms with van der Waals surface area (Å²) in [4.78, 5) is 0. The third-order valence-corrected chi connectivity index (χ3v) is 4.90. The monoisotopic (exact) mass is 415 g/mol. The van der Waals surface area contributed by atoms with Gasteiger partial charge in [0.25, 0.3) is 0 Å². The van der Waals surface area contributed by atoms with Gasteiger partial charge < -0.3 is 19.4 Å². The highest BCUT2D eigenvalue weighted by Crippen LogP contribution is 2.41. The fourth-order valence-corrected chi connectivity index (χ4v) is 3.62. The van der Waals surface area contributed by atoms with Crippen molar-refractivity contribution < 1.29 is 28.0 Å². The minimum Gasteiger partial charge on any atom is -0.508 e. The molecule has 4 rings (SSSR count). The first-order valence-corrected chi connectivity index (χ1v) is 8.88. The fourth-order valence-electron chi connectivity index (χ4n) is 3.62. The van der Waals surface area contributed by atoms with E-state index in [1.807, 2.05) is 0 Å². The molecule has 2 N–H and O–H groups in total. The smallest absolute Gasteiger partial charge is 0.416 e. The lowest BCUT2D eigenvalue weighted by atomic mass is 10.0. The standard InChI is InChI=1S/C21H16F3N3O3/c1-11-19(12(2)30-26-11)20-17(10-25-29)16-8-3-13(21(22,23)24)9-18(16)27(20)14-4-6-15(28)7-5-14/h3-10,28-29H,1-2H3. The molecule has 0 amide bonds. The molecule has 0 aliphatic rings. The summed E-state index contributed by atoms with van der Waals surface area (Å²) < 4.78 is 47.2. The molecule has 0 saturated heterocycles. The van der Waals surface area contributed by atoms with E-state index in [4.69, 9.17) is 4.52 Å². The quantitative estimate of drug-likeness (QED) is 0.265. The maximum absolute atomic E-state index is 13.4. The summed E-state index contributed by atoms with van der Waals surface area (Å²) in [6, 6.07) is 9.40. The molecular weight excluding hydrogens is 399 g/mol. The summed E-state index contributed by atoms with van der Waals surface area (Å²) in [5.41, 5.74) is 1.91. The number of halogens is 3. The summed E-state index contributed by atoms with van der Waals surface area (Å²) in [6.45, 7) is 3.40. The van der Waals surface area contributed by atoms with Crippen molar-refractivity contribution >= 4 is 17.1 Å². The number of phenolic OH excluding ortho intramolecular Hbond substituents is 1. The van der Waals surface area contributed by atoms with E-state index in [1.165, 1.54) is 24.4 Å². The van der Waals surface area contributed by atoms with Gasteiger partial charge in [0.05, 0.1) is 34.2 Å². The molecule has 0 unspecified atom stereocenters. The molecule has 6 nitrogen and oxygen atoms in total. The maximum Gasteiger partial charge on any atom is 0.416 e. The summed E-state index contributed by atoms with van der Waals surface area (Å²) >= 11 is 0. The predicted octanol–water partition coefficient (Wildman–Crippen LogP) is 5.43. The fraction of sp³-hybridized carbons (Fsp3) is 0.143. The lowest BCUT2D eigenvalue weighted by Gasteiger charge is -2.13. The van der Waals surface area contributed by atoms with Crippen molar-refractivity contribution in [1.82, 2.24) is 9.72 Å². The number of hydrogen-bond donors (Lipinski definition) is 2. The van der Waals surface area contributed by atoms with E-state index < -0.39 is 11.7 Å². The Morgan fingerprint density at radius 1 is 1.10 bits per heavy atom. The molecule has 2 aromatic carbocycles. The van der Waals surface area contributed by atoms with Crippen LogP contribution in [0.15, 0.2) is 52.1 Å². The van der Waals surface area contributed by atoms with Crippen molar-refractivity contribution in [3.63, 3.8) is 0 Å². The number of nitrogens with zero attached hydrogens (tertiary/aromatic N) is 3. The van der Waals surface area contributed by atoms with Crippen LogP contribution in [0.1, 0.15) is 22.6 Å². The second-order valence-electron chi connectivity index (χ2n) is 6.79. The van der Waals surface area contributed by atoms with Gasteiger partial charge in [0.1, 0.15) is 11.5 Å². The minimum atomic E-state index is -4.54. The topological polar surface area (TPSA) is 83.8 Å². The number of alkyl halides is 3. The zero-order valence-corrected chi connectivity index (χ0v) is 15.9. The molecule has 2 aromatic heterocycles. The Balaban J connectivity index is 2.20. The molecule has 154 valence electrons. The van der Waals surface area contributed by atoms with Gasteiger partial charge in [0, 0.05) is 16.6 Å². The number of phenols is 1. The zero-order valence-electron chi connectivity index (χ0n) is 15.9. The molecule has 0 aliphatic carbocycles. The molecule has 0 atom stereocenters. The largest absolute Gasteiger partial charge is 0.508 e. The van der Waals surface area contributed by atoms with Gasteiger partial charge in [-0.3, -0.25) is 0 Å².